The maximum atomic E-state index is 12.6. The molecule has 4 N–H and O–H groups in total. The highest BCUT2D eigenvalue weighted by molar-refractivity contribution is 5.86. The van der Waals surface area contributed by atoms with Crippen LogP contribution in [0.1, 0.15) is 52.4 Å². The number of rotatable bonds is 27. The van der Waals surface area contributed by atoms with Crippen molar-refractivity contribution in [2.24, 2.45) is 0 Å². The molecule has 0 unspecified atom stereocenters. The molecule has 0 saturated carbocycles. The average molecular weight is 574 g/mol. The first-order chi connectivity index (χ1) is 19.2. The molecule has 0 radical (unpaired) electrons. The zero-order chi connectivity index (χ0) is 30.0. The summed E-state index contributed by atoms with van der Waals surface area (Å²) in [5.41, 5.74) is 0. The molecule has 0 aromatic rings. The number of nitrogens with zero attached hydrogens (tertiary/aromatic N) is 1. The van der Waals surface area contributed by atoms with Crippen molar-refractivity contribution in [3.8, 4) is 12.3 Å². The predicted octanol–water partition coefficient (Wildman–Crippen LogP) is 0.507. The Kier molecular flexibility index (Phi) is 23.5. The van der Waals surface area contributed by atoms with E-state index in [4.69, 9.17) is 25.4 Å². The van der Waals surface area contributed by atoms with Crippen LogP contribution in [0.2, 0.25) is 0 Å². The summed E-state index contributed by atoms with van der Waals surface area (Å²) >= 11 is 0. The molecule has 0 rings (SSSR count). The molecule has 0 bridgehead atoms. The van der Waals surface area contributed by atoms with Crippen LogP contribution in [0.15, 0.2) is 0 Å². The van der Waals surface area contributed by atoms with Crippen molar-refractivity contribution >= 4 is 23.8 Å². The maximum Gasteiger partial charge on any atom is 0.326 e. The van der Waals surface area contributed by atoms with Gasteiger partial charge in [0, 0.05) is 6.54 Å². The van der Waals surface area contributed by atoms with Gasteiger partial charge in [-0.05, 0) is 12.8 Å². The van der Waals surface area contributed by atoms with Crippen LogP contribution in [0.4, 0.5) is 0 Å². The number of ether oxygens (including phenoxy) is 4. The van der Waals surface area contributed by atoms with E-state index in [9.17, 15) is 29.4 Å². The van der Waals surface area contributed by atoms with Crippen molar-refractivity contribution in [2.45, 2.75) is 64.5 Å². The summed E-state index contributed by atoms with van der Waals surface area (Å²) in [5, 5.41) is 23.8. The van der Waals surface area contributed by atoms with Gasteiger partial charge in [0.15, 0.2) is 0 Å². The summed E-state index contributed by atoms with van der Waals surface area (Å²) in [7, 11) is 0. The first-order valence-corrected chi connectivity index (χ1v) is 13.8. The Morgan fingerprint density at radius 1 is 0.725 bits per heavy atom. The summed E-state index contributed by atoms with van der Waals surface area (Å²) < 4.78 is 21.4. The number of unbranched alkanes of at least 4 members (excludes halogenated alkanes) is 2. The van der Waals surface area contributed by atoms with Crippen LogP contribution >= 0.6 is 0 Å². The topological polar surface area (TPSA) is 173 Å². The van der Waals surface area contributed by atoms with E-state index >= 15 is 0 Å². The van der Waals surface area contributed by atoms with E-state index in [0.717, 1.165) is 12.8 Å². The lowest BCUT2D eigenvalue weighted by atomic mass is 10.1. The lowest BCUT2D eigenvalue weighted by Crippen LogP contribution is -2.50. The second-order valence-electron chi connectivity index (χ2n) is 9.01. The number of aliphatic carboxylic acids is 2. The van der Waals surface area contributed by atoms with Crippen LogP contribution < -0.4 is 10.6 Å². The minimum absolute atomic E-state index is 0.170. The predicted molar refractivity (Wildman–Crippen MR) is 147 cm³/mol. The smallest absolute Gasteiger partial charge is 0.326 e. The SMILES string of the molecule is C#CCOCCOCCOCCOCCN(CC(=O)N[C@@H](CCCC)C(=O)O)CC(=O)N[C@@H](CCCC)C(=O)O. The first-order valence-electron chi connectivity index (χ1n) is 13.8. The van der Waals surface area contributed by atoms with E-state index < -0.39 is 35.8 Å². The minimum Gasteiger partial charge on any atom is -0.480 e. The monoisotopic (exact) mass is 573 g/mol. The normalized spacial score (nSPS) is 12.4. The molecular formula is C27H47N3O10. The number of carboxylic acid groups (broad SMARTS) is 2. The van der Waals surface area contributed by atoms with Gasteiger partial charge < -0.3 is 39.8 Å². The van der Waals surface area contributed by atoms with E-state index in [1.54, 1.807) is 0 Å². The Bertz CT molecular complexity index is 717. The molecule has 0 aromatic heterocycles. The molecule has 40 heavy (non-hydrogen) atoms. The molecule has 0 aromatic carbocycles. The molecule has 230 valence electrons. The maximum absolute atomic E-state index is 12.6. The molecule has 0 aliphatic carbocycles. The Morgan fingerprint density at radius 3 is 1.50 bits per heavy atom. The number of carbonyl (C=O) groups is 4. The standard InChI is InChI=1S/C27H47N3O10/c1-4-7-9-22(26(33)34)28-24(31)20-30(21-25(32)29-23(27(35)36)10-8-5-2)11-13-38-15-17-40-19-18-39-16-14-37-12-6-3/h3,22-23H,4-5,7-21H2,1-2H3,(H,28,31)(H,29,32)(H,33,34)(H,35,36)/t22-,23-/m0/s1. The Hall–Kier alpha value is -2.76. The van der Waals surface area contributed by atoms with E-state index in [1.165, 1.54) is 4.90 Å². The second-order valence-corrected chi connectivity index (χ2v) is 9.01. The molecule has 0 saturated heterocycles. The molecule has 2 atom stereocenters. The van der Waals surface area contributed by atoms with Crippen molar-refractivity contribution in [3.05, 3.63) is 0 Å². The molecule has 0 heterocycles. The Labute approximate surface area is 237 Å². The van der Waals surface area contributed by atoms with Crippen LogP contribution in [0.3, 0.4) is 0 Å². The lowest BCUT2D eigenvalue weighted by molar-refractivity contribution is -0.142. The van der Waals surface area contributed by atoms with Crippen LogP contribution in [-0.4, -0.2) is 123 Å². The van der Waals surface area contributed by atoms with Gasteiger partial charge in [-0.25, -0.2) is 9.59 Å². The number of amides is 2. The number of nitrogens with one attached hydrogen (secondary N) is 2. The van der Waals surface area contributed by atoms with Crippen LogP contribution in [0.5, 0.6) is 0 Å². The van der Waals surface area contributed by atoms with Crippen LogP contribution in [0, 0.1) is 12.3 Å². The summed E-state index contributed by atoms with van der Waals surface area (Å²) in [5.74, 6) is -0.994. The van der Waals surface area contributed by atoms with Gasteiger partial charge in [0.1, 0.15) is 18.7 Å². The number of terminal acetylenes is 1. The van der Waals surface area contributed by atoms with E-state index in [0.29, 0.717) is 58.7 Å². The highest BCUT2D eigenvalue weighted by Gasteiger charge is 2.24. The highest BCUT2D eigenvalue weighted by Crippen LogP contribution is 2.03. The van der Waals surface area contributed by atoms with Gasteiger partial charge in [0.25, 0.3) is 0 Å². The average Bonchev–Trinajstić information content (AvgIpc) is 2.91. The molecule has 0 fully saturated rings. The van der Waals surface area contributed by atoms with Crippen molar-refractivity contribution in [2.75, 3.05) is 72.5 Å². The third-order valence-corrected chi connectivity index (χ3v) is 5.55. The lowest BCUT2D eigenvalue weighted by Gasteiger charge is -2.23. The van der Waals surface area contributed by atoms with Crippen molar-refractivity contribution in [3.63, 3.8) is 0 Å². The van der Waals surface area contributed by atoms with Crippen molar-refractivity contribution in [1.82, 2.24) is 15.5 Å². The summed E-state index contributed by atoms with van der Waals surface area (Å²) in [6.45, 7) is 6.10. The van der Waals surface area contributed by atoms with Gasteiger partial charge in [-0.2, -0.15) is 0 Å². The third kappa shape index (κ3) is 21.1. The quantitative estimate of drug-likeness (QED) is 0.0796. The fraction of sp³-hybridized carbons (Fsp3) is 0.778. The van der Waals surface area contributed by atoms with E-state index in [1.807, 2.05) is 13.8 Å². The van der Waals surface area contributed by atoms with Crippen LogP contribution in [-0.2, 0) is 38.1 Å². The zero-order valence-electron chi connectivity index (χ0n) is 23.9. The van der Waals surface area contributed by atoms with Gasteiger partial charge in [0.2, 0.25) is 11.8 Å². The first kappa shape index (κ1) is 37.2. The Balaban J connectivity index is 4.69. The number of hydrogen-bond acceptors (Lipinski definition) is 9. The van der Waals surface area contributed by atoms with E-state index in [-0.39, 0.29) is 39.5 Å². The largest absolute Gasteiger partial charge is 0.480 e. The second kappa shape index (κ2) is 25.2. The molecule has 2 amide bonds. The molecule has 0 aliphatic rings. The van der Waals surface area contributed by atoms with Crippen LogP contribution in [0.25, 0.3) is 0 Å². The summed E-state index contributed by atoms with van der Waals surface area (Å²) in [6.07, 6.45) is 8.51. The van der Waals surface area contributed by atoms with Crippen molar-refractivity contribution in [1.29, 1.82) is 0 Å². The minimum atomic E-state index is -1.13. The van der Waals surface area contributed by atoms with Gasteiger partial charge in [-0.15, -0.1) is 6.42 Å². The highest BCUT2D eigenvalue weighted by atomic mass is 16.6. The van der Waals surface area contributed by atoms with Gasteiger partial charge >= 0.3 is 11.9 Å². The summed E-state index contributed by atoms with van der Waals surface area (Å²) in [6, 6.07) is -2.05. The molecule has 0 spiro atoms. The van der Waals surface area contributed by atoms with Gasteiger partial charge in [-0.1, -0.05) is 45.5 Å². The number of carbonyl (C=O) groups excluding carboxylic acids is 2. The fourth-order valence-electron chi connectivity index (χ4n) is 3.42. The molecule has 0 aliphatic heterocycles. The third-order valence-electron chi connectivity index (χ3n) is 5.55. The zero-order valence-corrected chi connectivity index (χ0v) is 23.9. The van der Waals surface area contributed by atoms with E-state index in [2.05, 4.69) is 16.6 Å². The summed E-state index contributed by atoms with van der Waals surface area (Å²) in [4.78, 5) is 49.6. The van der Waals surface area contributed by atoms with Gasteiger partial charge in [0.05, 0.1) is 59.3 Å². The molecular weight excluding hydrogens is 526 g/mol. The Morgan fingerprint density at radius 2 is 1.12 bits per heavy atom. The van der Waals surface area contributed by atoms with Gasteiger partial charge in [-0.3, -0.25) is 14.5 Å². The molecule has 13 heteroatoms. The fourth-order valence-corrected chi connectivity index (χ4v) is 3.42. The number of carboxylic acids is 2. The van der Waals surface area contributed by atoms with Crippen molar-refractivity contribution < 1.29 is 48.3 Å². The molecule has 13 nitrogen and oxygen atoms in total. The number of hydrogen-bond donors (Lipinski definition) is 4.